The standard InChI is InChI=1S/C14H14ClNO2S/c15-11-5-2-1-4-10(11)14(18)16-8-7-12(17)13-6-3-9-19-13/h1-6,9,12,17H,7-8H2,(H,16,18). The average molecular weight is 296 g/mol. The summed E-state index contributed by atoms with van der Waals surface area (Å²) >= 11 is 7.44. The van der Waals surface area contributed by atoms with Crippen LogP contribution in [0.2, 0.25) is 5.02 Å². The summed E-state index contributed by atoms with van der Waals surface area (Å²) in [6, 6.07) is 10.7. The number of carbonyl (C=O) groups excluding carboxylic acids is 1. The van der Waals surface area contributed by atoms with Gasteiger partial charge in [0.1, 0.15) is 0 Å². The van der Waals surface area contributed by atoms with Crippen molar-refractivity contribution in [3.05, 3.63) is 57.2 Å². The molecule has 1 aromatic heterocycles. The number of nitrogens with one attached hydrogen (secondary N) is 1. The van der Waals surface area contributed by atoms with E-state index in [1.807, 2.05) is 17.5 Å². The molecule has 0 bridgehead atoms. The number of aliphatic hydroxyl groups excluding tert-OH is 1. The zero-order valence-corrected chi connectivity index (χ0v) is 11.7. The lowest BCUT2D eigenvalue weighted by Crippen LogP contribution is -2.25. The molecule has 2 N–H and O–H groups in total. The van der Waals surface area contributed by atoms with Crippen LogP contribution >= 0.6 is 22.9 Å². The van der Waals surface area contributed by atoms with Crippen molar-refractivity contribution in [1.29, 1.82) is 0 Å². The predicted molar refractivity (Wildman–Crippen MR) is 77.7 cm³/mol. The lowest BCUT2D eigenvalue weighted by atomic mass is 10.2. The molecule has 0 aliphatic carbocycles. The first kappa shape index (κ1) is 14.1. The van der Waals surface area contributed by atoms with Crippen molar-refractivity contribution < 1.29 is 9.90 Å². The number of halogens is 1. The molecule has 0 saturated heterocycles. The molecular weight excluding hydrogens is 282 g/mol. The van der Waals surface area contributed by atoms with Crippen LogP contribution in [0.15, 0.2) is 41.8 Å². The summed E-state index contributed by atoms with van der Waals surface area (Å²) in [5, 5.41) is 15.0. The van der Waals surface area contributed by atoms with Crippen LogP contribution in [0.1, 0.15) is 27.8 Å². The van der Waals surface area contributed by atoms with Crippen molar-refractivity contribution in [2.45, 2.75) is 12.5 Å². The molecular formula is C14H14ClNO2S. The number of carbonyl (C=O) groups is 1. The summed E-state index contributed by atoms with van der Waals surface area (Å²) in [5.74, 6) is -0.219. The van der Waals surface area contributed by atoms with Gasteiger partial charge < -0.3 is 10.4 Å². The summed E-state index contributed by atoms with van der Waals surface area (Å²) < 4.78 is 0. The zero-order chi connectivity index (χ0) is 13.7. The quantitative estimate of drug-likeness (QED) is 0.889. The molecule has 2 aromatic rings. The highest BCUT2D eigenvalue weighted by Crippen LogP contribution is 2.21. The van der Waals surface area contributed by atoms with E-state index in [0.717, 1.165) is 4.88 Å². The predicted octanol–water partition coefficient (Wildman–Crippen LogP) is 3.26. The molecule has 0 aliphatic rings. The molecule has 0 fully saturated rings. The second-order valence-corrected chi connectivity index (χ2v) is 5.44. The van der Waals surface area contributed by atoms with Crippen molar-refractivity contribution in [2.24, 2.45) is 0 Å². The van der Waals surface area contributed by atoms with Crippen LogP contribution in [0.3, 0.4) is 0 Å². The highest BCUT2D eigenvalue weighted by atomic mass is 35.5. The SMILES string of the molecule is O=C(NCCC(O)c1cccs1)c1ccccc1Cl. The van der Waals surface area contributed by atoms with Crippen molar-refractivity contribution in [2.75, 3.05) is 6.54 Å². The fourth-order valence-electron chi connectivity index (χ4n) is 1.69. The van der Waals surface area contributed by atoms with E-state index < -0.39 is 6.10 Å². The maximum absolute atomic E-state index is 11.9. The minimum Gasteiger partial charge on any atom is -0.388 e. The molecule has 1 aromatic carbocycles. The van der Waals surface area contributed by atoms with Gasteiger partial charge in [0.2, 0.25) is 0 Å². The van der Waals surface area contributed by atoms with Crippen molar-refractivity contribution in [3.8, 4) is 0 Å². The summed E-state index contributed by atoms with van der Waals surface area (Å²) in [7, 11) is 0. The van der Waals surface area contributed by atoms with E-state index >= 15 is 0 Å². The van der Waals surface area contributed by atoms with E-state index in [9.17, 15) is 9.90 Å². The van der Waals surface area contributed by atoms with Gasteiger partial charge >= 0.3 is 0 Å². The molecule has 5 heteroatoms. The number of amides is 1. The molecule has 1 amide bonds. The normalized spacial score (nSPS) is 12.1. The van der Waals surface area contributed by atoms with Gasteiger partial charge in [-0.15, -0.1) is 11.3 Å². The van der Waals surface area contributed by atoms with Gasteiger partial charge in [-0.05, 0) is 30.0 Å². The second-order valence-electron chi connectivity index (χ2n) is 4.06. The van der Waals surface area contributed by atoms with Crippen molar-refractivity contribution >= 4 is 28.8 Å². The first-order valence-electron chi connectivity index (χ1n) is 5.92. The third-order valence-corrected chi connectivity index (χ3v) is 4.00. The van der Waals surface area contributed by atoms with Gasteiger partial charge in [0.15, 0.2) is 0 Å². The summed E-state index contributed by atoms with van der Waals surface area (Å²) in [6.45, 7) is 0.406. The molecule has 1 unspecified atom stereocenters. The molecule has 0 saturated carbocycles. The first-order valence-corrected chi connectivity index (χ1v) is 7.18. The molecule has 0 radical (unpaired) electrons. The third-order valence-electron chi connectivity index (χ3n) is 2.69. The van der Waals surface area contributed by atoms with Crippen molar-refractivity contribution in [1.82, 2.24) is 5.32 Å². The Balaban J connectivity index is 1.83. The number of aliphatic hydroxyl groups is 1. The Kier molecular flexibility index (Phi) is 4.96. The molecule has 100 valence electrons. The minimum absolute atomic E-state index is 0.219. The molecule has 3 nitrogen and oxygen atoms in total. The Hall–Kier alpha value is -1.36. The van der Waals surface area contributed by atoms with Crippen molar-refractivity contribution in [3.63, 3.8) is 0 Å². The summed E-state index contributed by atoms with van der Waals surface area (Å²) in [5.41, 5.74) is 0.454. The summed E-state index contributed by atoms with van der Waals surface area (Å²) in [4.78, 5) is 12.8. The Morgan fingerprint density at radius 3 is 2.79 bits per heavy atom. The molecule has 19 heavy (non-hydrogen) atoms. The van der Waals surface area contributed by atoms with Crippen LogP contribution in [0.5, 0.6) is 0 Å². The maximum atomic E-state index is 11.9. The highest BCUT2D eigenvalue weighted by Gasteiger charge is 2.11. The van der Waals surface area contributed by atoms with E-state index in [1.165, 1.54) is 11.3 Å². The smallest absolute Gasteiger partial charge is 0.252 e. The fraction of sp³-hybridized carbons (Fsp3) is 0.214. The van der Waals surface area contributed by atoms with Crippen LogP contribution in [-0.2, 0) is 0 Å². The van der Waals surface area contributed by atoms with Crippen LogP contribution in [0.4, 0.5) is 0 Å². The zero-order valence-electron chi connectivity index (χ0n) is 10.2. The number of hydrogen-bond acceptors (Lipinski definition) is 3. The monoisotopic (exact) mass is 295 g/mol. The van der Waals surface area contributed by atoms with E-state index in [2.05, 4.69) is 5.32 Å². The van der Waals surface area contributed by atoms with Crippen LogP contribution in [-0.4, -0.2) is 17.6 Å². The van der Waals surface area contributed by atoms with Gasteiger partial charge in [-0.25, -0.2) is 0 Å². The van der Waals surface area contributed by atoms with Gasteiger partial charge in [-0.3, -0.25) is 4.79 Å². The molecule has 0 spiro atoms. The number of benzene rings is 1. The average Bonchev–Trinajstić information content (AvgIpc) is 2.93. The van der Waals surface area contributed by atoms with Crippen LogP contribution < -0.4 is 5.32 Å². The molecule has 2 rings (SSSR count). The Bertz CT molecular complexity index is 542. The molecule has 1 atom stereocenters. The van der Waals surface area contributed by atoms with Crippen LogP contribution in [0, 0.1) is 0 Å². The molecule has 0 aliphatic heterocycles. The highest BCUT2D eigenvalue weighted by molar-refractivity contribution is 7.10. The maximum Gasteiger partial charge on any atom is 0.252 e. The lowest BCUT2D eigenvalue weighted by Gasteiger charge is -2.10. The fourth-order valence-corrected chi connectivity index (χ4v) is 2.65. The lowest BCUT2D eigenvalue weighted by molar-refractivity contribution is 0.0943. The number of rotatable bonds is 5. The minimum atomic E-state index is -0.536. The number of hydrogen-bond donors (Lipinski definition) is 2. The van der Waals surface area contributed by atoms with Gasteiger partial charge in [0.05, 0.1) is 16.7 Å². The Labute approximate surface area is 120 Å². The van der Waals surface area contributed by atoms with E-state index in [0.29, 0.717) is 23.6 Å². The van der Waals surface area contributed by atoms with Crippen LogP contribution in [0.25, 0.3) is 0 Å². The first-order chi connectivity index (χ1) is 9.18. The number of thiophene rings is 1. The third kappa shape index (κ3) is 3.80. The topological polar surface area (TPSA) is 49.3 Å². The second kappa shape index (κ2) is 6.70. The van der Waals surface area contributed by atoms with Gasteiger partial charge in [-0.1, -0.05) is 29.8 Å². The largest absolute Gasteiger partial charge is 0.388 e. The van der Waals surface area contributed by atoms with Gasteiger partial charge in [-0.2, -0.15) is 0 Å². The Morgan fingerprint density at radius 2 is 2.11 bits per heavy atom. The summed E-state index contributed by atoms with van der Waals surface area (Å²) in [6.07, 6.45) is -0.0528. The van der Waals surface area contributed by atoms with E-state index in [-0.39, 0.29) is 5.91 Å². The van der Waals surface area contributed by atoms with E-state index in [1.54, 1.807) is 24.3 Å². The van der Waals surface area contributed by atoms with Gasteiger partial charge in [0, 0.05) is 11.4 Å². The van der Waals surface area contributed by atoms with E-state index in [4.69, 9.17) is 11.6 Å². The Morgan fingerprint density at radius 1 is 1.32 bits per heavy atom. The molecule has 1 heterocycles. The van der Waals surface area contributed by atoms with Gasteiger partial charge in [0.25, 0.3) is 5.91 Å².